The Morgan fingerprint density at radius 2 is 1.60 bits per heavy atom. The molecule has 3 heterocycles. The number of carbonyl (C=O) groups is 4. The van der Waals surface area contributed by atoms with Crippen LogP contribution in [0.5, 0.6) is 23.0 Å². The summed E-state index contributed by atoms with van der Waals surface area (Å²) in [5.41, 5.74) is 7.63. The standard InChI is InChI=1S/C45H54N4O13/c1-20-11-10-12-21(2)43(57)48-34-29(19-47-49-44(58)27-13-15-28(46)16-14-27)38(54)31-32(39(34)55)37(53)25(6)41-33(31)42(56)45(8,62-41)60-18-17-30(59-9)22(3)40(61-26(7)50)24(5)36(52)23(4)35(20)51/h10-20,22-24,30,35-36,40,51-55H,46H2,1-9H3,(H,48,57)(H,49,58)/b11-10+,18-17+,21-12+,47-19+. The number of ketones is 1. The van der Waals surface area contributed by atoms with E-state index in [-0.39, 0.29) is 39.0 Å². The summed E-state index contributed by atoms with van der Waals surface area (Å²) in [6.45, 7) is 12.2. The molecule has 332 valence electrons. The van der Waals surface area contributed by atoms with Crippen LogP contribution in [0.2, 0.25) is 0 Å². The maximum absolute atomic E-state index is 14.4. The smallest absolute Gasteiger partial charge is 0.312 e. The number of hydrogen-bond donors (Lipinski definition) is 8. The van der Waals surface area contributed by atoms with Crippen molar-refractivity contribution in [3.8, 4) is 23.0 Å². The highest BCUT2D eigenvalue weighted by Crippen LogP contribution is 2.55. The van der Waals surface area contributed by atoms with Crippen LogP contribution in [-0.2, 0) is 23.8 Å². The number of aromatic hydroxyl groups is 3. The summed E-state index contributed by atoms with van der Waals surface area (Å²) in [7, 11) is 1.41. The zero-order valence-electron chi connectivity index (χ0n) is 35.9. The molecule has 3 aromatic rings. The largest absolute Gasteiger partial charge is 0.507 e. The average Bonchev–Trinajstić information content (AvgIpc) is 3.50. The lowest BCUT2D eigenvalue weighted by molar-refractivity contribution is -0.160. The molecule has 0 saturated carbocycles. The summed E-state index contributed by atoms with van der Waals surface area (Å²) < 4.78 is 23.5. The van der Waals surface area contributed by atoms with E-state index in [1.54, 1.807) is 33.8 Å². The second-order valence-electron chi connectivity index (χ2n) is 15.9. The number of benzene rings is 3. The van der Waals surface area contributed by atoms with E-state index in [0.29, 0.717) is 5.69 Å². The lowest BCUT2D eigenvalue weighted by atomic mass is 9.78. The van der Waals surface area contributed by atoms with Gasteiger partial charge in [-0.2, -0.15) is 5.10 Å². The number of nitrogens with one attached hydrogen (secondary N) is 2. The number of carbonyl (C=O) groups excluding carboxylic acids is 4. The van der Waals surface area contributed by atoms with Gasteiger partial charge in [-0.15, -0.1) is 0 Å². The molecule has 0 spiro atoms. The molecule has 0 aromatic heterocycles. The molecule has 9 unspecified atom stereocenters. The fraction of sp³-hybridized carbons (Fsp3) is 0.400. The Morgan fingerprint density at radius 3 is 2.23 bits per heavy atom. The number of aliphatic hydroxyl groups is 2. The first-order valence-corrected chi connectivity index (χ1v) is 19.9. The van der Waals surface area contributed by atoms with Crippen molar-refractivity contribution >= 4 is 51.9 Å². The molecule has 9 atom stereocenters. The van der Waals surface area contributed by atoms with Crippen LogP contribution >= 0.6 is 0 Å². The van der Waals surface area contributed by atoms with Crippen LogP contribution in [0.25, 0.3) is 10.8 Å². The van der Waals surface area contributed by atoms with E-state index < -0.39 is 106 Å². The molecular weight excluding hydrogens is 805 g/mol. The maximum Gasteiger partial charge on any atom is 0.312 e. The van der Waals surface area contributed by atoms with Crippen molar-refractivity contribution in [1.29, 1.82) is 0 Å². The van der Waals surface area contributed by atoms with Crippen LogP contribution in [0.15, 0.2) is 65.5 Å². The number of nitrogens with zero attached hydrogens (tertiary/aromatic N) is 1. The van der Waals surface area contributed by atoms with Crippen molar-refractivity contribution in [2.75, 3.05) is 18.2 Å². The number of amides is 2. The molecule has 17 nitrogen and oxygen atoms in total. The van der Waals surface area contributed by atoms with Gasteiger partial charge >= 0.3 is 11.8 Å². The van der Waals surface area contributed by atoms with Crippen LogP contribution in [0, 0.1) is 30.6 Å². The lowest BCUT2D eigenvalue weighted by Crippen LogP contribution is -2.46. The molecule has 0 aliphatic carbocycles. The van der Waals surface area contributed by atoms with Crippen LogP contribution in [0.3, 0.4) is 0 Å². The fourth-order valence-corrected chi connectivity index (χ4v) is 7.73. The van der Waals surface area contributed by atoms with Gasteiger partial charge in [0.2, 0.25) is 0 Å². The predicted octanol–water partition coefficient (Wildman–Crippen LogP) is 5.10. The summed E-state index contributed by atoms with van der Waals surface area (Å²) in [5, 5.41) is 64.0. The molecule has 62 heavy (non-hydrogen) atoms. The van der Waals surface area contributed by atoms with Gasteiger partial charge in [-0.1, -0.05) is 45.9 Å². The highest BCUT2D eigenvalue weighted by molar-refractivity contribution is 6.24. The van der Waals surface area contributed by atoms with Crippen LogP contribution < -0.4 is 21.2 Å². The molecular formula is C45H54N4O13. The maximum atomic E-state index is 14.4. The Labute approximate surface area is 358 Å². The van der Waals surface area contributed by atoms with Crippen LogP contribution in [-0.4, -0.2) is 92.6 Å². The number of anilines is 2. The number of phenolic OH excluding ortho intramolecular Hbond substituents is 3. The molecule has 17 heteroatoms. The van der Waals surface area contributed by atoms with Crippen molar-refractivity contribution < 1.29 is 63.7 Å². The zero-order chi connectivity index (χ0) is 46.0. The summed E-state index contributed by atoms with van der Waals surface area (Å²) in [6.07, 6.45) is 4.11. The molecule has 3 aliphatic rings. The van der Waals surface area contributed by atoms with Gasteiger partial charge in [0.05, 0.1) is 53.0 Å². The first-order valence-electron chi connectivity index (χ1n) is 19.9. The van der Waals surface area contributed by atoms with E-state index in [9.17, 15) is 44.7 Å². The number of hydrazone groups is 1. The Balaban J connectivity index is 1.70. The molecule has 2 amide bonds. The Morgan fingerprint density at radius 1 is 0.935 bits per heavy atom. The quantitative estimate of drug-likeness (QED) is 0.0415. The topological polar surface area (TPSA) is 269 Å². The minimum absolute atomic E-state index is 0.0151. The van der Waals surface area contributed by atoms with Crippen LogP contribution in [0.1, 0.15) is 80.3 Å². The van der Waals surface area contributed by atoms with Crippen molar-refractivity contribution in [1.82, 2.24) is 5.43 Å². The molecule has 0 fully saturated rings. The van der Waals surface area contributed by atoms with Gasteiger partial charge in [0.15, 0.2) is 5.75 Å². The number of rotatable bonds is 5. The van der Waals surface area contributed by atoms with E-state index in [4.69, 9.17) is 24.7 Å². The van der Waals surface area contributed by atoms with Gasteiger partial charge in [0.1, 0.15) is 23.4 Å². The number of phenols is 3. The Bertz CT molecular complexity index is 2370. The Kier molecular flexibility index (Phi) is 14.0. The second-order valence-corrected chi connectivity index (χ2v) is 15.9. The third-order valence-corrected chi connectivity index (χ3v) is 11.6. The summed E-state index contributed by atoms with van der Waals surface area (Å²) in [6, 6.07) is 5.93. The highest BCUT2D eigenvalue weighted by atomic mass is 16.7. The average molecular weight is 859 g/mol. The number of esters is 1. The van der Waals surface area contributed by atoms with Gasteiger partial charge in [0.25, 0.3) is 17.6 Å². The van der Waals surface area contributed by atoms with Gasteiger partial charge < -0.3 is 55.5 Å². The number of ether oxygens (including phenoxy) is 4. The van der Waals surface area contributed by atoms with Crippen molar-refractivity contribution in [3.63, 3.8) is 0 Å². The van der Waals surface area contributed by atoms with Gasteiger partial charge in [-0.05, 0) is 44.2 Å². The van der Waals surface area contributed by atoms with Crippen molar-refractivity contribution in [2.24, 2.45) is 28.8 Å². The first-order chi connectivity index (χ1) is 29.1. The minimum Gasteiger partial charge on any atom is -0.507 e. The molecule has 9 N–H and O–H groups in total. The number of nitrogens with two attached hydrogens (primary N) is 1. The zero-order valence-corrected chi connectivity index (χ0v) is 35.9. The second kappa shape index (κ2) is 18.7. The number of aliphatic hydroxyl groups excluding tert-OH is 2. The Hall–Kier alpha value is -6.43. The van der Waals surface area contributed by atoms with E-state index in [1.165, 1.54) is 77.3 Å². The molecule has 0 saturated heterocycles. The molecule has 5 bridgehead atoms. The van der Waals surface area contributed by atoms with Gasteiger partial charge in [-0.3, -0.25) is 19.2 Å². The summed E-state index contributed by atoms with van der Waals surface area (Å²) in [4.78, 5) is 53.4. The number of methoxy groups -OCH3 is 1. The molecule has 6 rings (SSSR count). The van der Waals surface area contributed by atoms with Crippen molar-refractivity contribution in [3.05, 3.63) is 82.7 Å². The van der Waals surface area contributed by atoms with E-state index in [0.717, 1.165) is 12.5 Å². The normalized spacial score (nSPS) is 29.0. The van der Waals surface area contributed by atoms with E-state index in [1.807, 2.05) is 0 Å². The number of Topliss-reactive ketones (excluding diaryl/α,β-unsaturated/α-hetero) is 1. The van der Waals surface area contributed by atoms with Crippen molar-refractivity contribution in [2.45, 2.75) is 85.6 Å². The third-order valence-electron chi connectivity index (χ3n) is 11.6. The van der Waals surface area contributed by atoms with E-state index >= 15 is 0 Å². The van der Waals surface area contributed by atoms with E-state index in [2.05, 4.69) is 15.8 Å². The van der Waals surface area contributed by atoms with Crippen LogP contribution in [0.4, 0.5) is 11.4 Å². The predicted molar refractivity (Wildman–Crippen MR) is 230 cm³/mol. The molecule has 0 radical (unpaired) electrons. The third kappa shape index (κ3) is 9.10. The lowest BCUT2D eigenvalue weighted by Gasteiger charge is -2.38. The molecule has 3 aromatic carbocycles. The molecule has 3 aliphatic heterocycles. The highest BCUT2D eigenvalue weighted by Gasteiger charge is 2.50. The van der Waals surface area contributed by atoms with Gasteiger partial charge in [0, 0.05) is 72.4 Å². The number of nitrogen functional groups attached to an aromatic ring is 1. The number of allylic oxidation sites excluding steroid dienone is 2. The number of fused-ring (bicyclic) bond motifs is 14. The fourth-order valence-electron chi connectivity index (χ4n) is 7.73. The summed E-state index contributed by atoms with van der Waals surface area (Å²) in [5.74, 6) is -9.93. The summed E-state index contributed by atoms with van der Waals surface area (Å²) >= 11 is 0. The van der Waals surface area contributed by atoms with Gasteiger partial charge in [-0.25, -0.2) is 5.43 Å². The minimum atomic E-state index is -2.12. The first kappa shape index (κ1) is 46.6. The number of hydrogen-bond acceptors (Lipinski definition) is 15. The monoisotopic (exact) mass is 858 g/mol. The SMILES string of the molecule is COC1/C=C/OC2(C)Oc3c(C)c(O)c4c(O)c(c(/C=N/NC(=O)c5ccc(N)cc5)c(O)c4c3C2=O)NC(=O)/C(C)=C/C=C/C(C)C(O)C(C)C(O)C(C)C(OC(C)=O)C1C.